The summed E-state index contributed by atoms with van der Waals surface area (Å²) in [7, 11) is 0. The monoisotopic (exact) mass is 284 g/mol. The van der Waals surface area contributed by atoms with Gasteiger partial charge in [-0.3, -0.25) is 4.79 Å². The van der Waals surface area contributed by atoms with Gasteiger partial charge in [-0.1, -0.05) is 12.1 Å². The summed E-state index contributed by atoms with van der Waals surface area (Å²) >= 11 is 0. The molecule has 1 aliphatic rings. The summed E-state index contributed by atoms with van der Waals surface area (Å²) in [5.74, 6) is 1.70. The topological polar surface area (TPSA) is 68.3 Å². The highest BCUT2D eigenvalue weighted by molar-refractivity contribution is 5.91. The second-order valence-corrected chi connectivity index (χ2v) is 5.85. The predicted octanol–water partition coefficient (Wildman–Crippen LogP) is 3.08. The lowest BCUT2D eigenvalue weighted by molar-refractivity contribution is -0.124. The minimum Gasteiger partial charge on any atom is -0.464 e. The van der Waals surface area contributed by atoms with Gasteiger partial charge in [0.1, 0.15) is 11.5 Å². The Balaban J connectivity index is 1.74. The van der Waals surface area contributed by atoms with Crippen LogP contribution in [0.25, 0.3) is 0 Å². The molecule has 4 nitrogen and oxygen atoms in total. The number of nitrogen functional groups attached to an aromatic ring is 1. The van der Waals surface area contributed by atoms with Crippen molar-refractivity contribution in [1.29, 1.82) is 0 Å². The first-order valence-corrected chi connectivity index (χ1v) is 7.24. The molecule has 1 heterocycles. The SMILES string of the molecule is Cc1ccc(C(C)NC(=O)C2(c3ccc(N)cc3)CC2)o1. The van der Waals surface area contributed by atoms with Gasteiger partial charge in [0.25, 0.3) is 0 Å². The number of amides is 1. The van der Waals surface area contributed by atoms with Crippen LogP contribution < -0.4 is 11.1 Å². The summed E-state index contributed by atoms with van der Waals surface area (Å²) in [5.41, 5.74) is 7.08. The van der Waals surface area contributed by atoms with E-state index < -0.39 is 0 Å². The molecular formula is C17H20N2O2. The molecule has 0 saturated heterocycles. The van der Waals surface area contributed by atoms with Crippen molar-refractivity contribution >= 4 is 11.6 Å². The van der Waals surface area contributed by atoms with Crippen molar-refractivity contribution in [1.82, 2.24) is 5.32 Å². The molecule has 1 unspecified atom stereocenters. The average molecular weight is 284 g/mol. The standard InChI is InChI=1S/C17H20N2O2/c1-11-3-8-15(21-11)12(2)19-16(20)17(9-10-17)13-4-6-14(18)7-5-13/h3-8,12H,9-10,18H2,1-2H3,(H,19,20). The first kappa shape index (κ1) is 13.7. The minimum absolute atomic E-state index is 0.0637. The van der Waals surface area contributed by atoms with Crippen LogP contribution in [0.5, 0.6) is 0 Å². The Kier molecular flexibility index (Phi) is 3.24. The summed E-state index contributed by atoms with van der Waals surface area (Å²) in [4.78, 5) is 12.6. The van der Waals surface area contributed by atoms with Crippen LogP contribution in [0.15, 0.2) is 40.8 Å². The maximum Gasteiger partial charge on any atom is 0.231 e. The molecule has 21 heavy (non-hydrogen) atoms. The zero-order valence-corrected chi connectivity index (χ0v) is 12.3. The van der Waals surface area contributed by atoms with E-state index in [1.807, 2.05) is 50.2 Å². The van der Waals surface area contributed by atoms with E-state index >= 15 is 0 Å². The predicted molar refractivity (Wildman–Crippen MR) is 81.8 cm³/mol. The van der Waals surface area contributed by atoms with E-state index in [2.05, 4.69) is 5.32 Å². The van der Waals surface area contributed by atoms with Crippen LogP contribution in [0.1, 0.15) is 42.9 Å². The number of aryl methyl sites for hydroxylation is 1. The van der Waals surface area contributed by atoms with Gasteiger partial charge < -0.3 is 15.5 Å². The molecule has 1 aromatic heterocycles. The van der Waals surface area contributed by atoms with Crippen LogP contribution in [-0.2, 0) is 10.2 Å². The second-order valence-electron chi connectivity index (χ2n) is 5.85. The zero-order chi connectivity index (χ0) is 15.0. The van der Waals surface area contributed by atoms with Gasteiger partial charge in [0.2, 0.25) is 5.91 Å². The summed E-state index contributed by atoms with van der Waals surface area (Å²) in [6, 6.07) is 11.3. The van der Waals surface area contributed by atoms with Crippen LogP contribution in [0.4, 0.5) is 5.69 Å². The van der Waals surface area contributed by atoms with Gasteiger partial charge in [0.05, 0.1) is 11.5 Å². The fraction of sp³-hybridized carbons (Fsp3) is 0.353. The number of carbonyl (C=O) groups excluding carboxylic acids is 1. The van der Waals surface area contributed by atoms with E-state index in [1.54, 1.807) is 0 Å². The van der Waals surface area contributed by atoms with Gasteiger partial charge in [-0.05, 0) is 56.5 Å². The highest BCUT2D eigenvalue weighted by Crippen LogP contribution is 2.48. The summed E-state index contributed by atoms with van der Waals surface area (Å²) < 4.78 is 5.57. The molecular weight excluding hydrogens is 264 g/mol. The van der Waals surface area contributed by atoms with Crippen molar-refractivity contribution in [3.05, 3.63) is 53.5 Å². The molecule has 1 amide bonds. The fourth-order valence-corrected chi connectivity index (χ4v) is 2.67. The van der Waals surface area contributed by atoms with E-state index in [0.717, 1.165) is 35.6 Å². The Labute approximate surface area is 124 Å². The van der Waals surface area contributed by atoms with E-state index in [9.17, 15) is 4.79 Å². The van der Waals surface area contributed by atoms with Crippen molar-refractivity contribution in [2.24, 2.45) is 0 Å². The first-order chi connectivity index (χ1) is 10.0. The molecule has 1 aromatic carbocycles. The Morgan fingerprint density at radius 2 is 1.90 bits per heavy atom. The summed E-state index contributed by atoms with van der Waals surface area (Å²) in [6.45, 7) is 3.84. The lowest BCUT2D eigenvalue weighted by Gasteiger charge is -2.19. The van der Waals surface area contributed by atoms with Crippen LogP contribution in [0.2, 0.25) is 0 Å². The zero-order valence-electron chi connectivity index (χ0n) is 12.3. The molecule has 4 heteroatoms. The Hall–Kier alpha value is -2.23. The largest absolute Gasteiger partial charge is 0.464 e. The average Bonchev–Trinajstić information content (AvgIpc) is 3.16. The van der Waals surface area contributed by atoms with Crippen molar-refractivity contribution in [3.63, 3.8) is 0 Å². The molecule has 0 aliphatic heterocycles. The lowest BCUT2D eigenvalue weighted by Crippen LogP contribution is -2.36. The third kappa shape index (κ3) is 2.53. The van der Waals surface area contributed by atoms with Gasteiger partial charge in [0.15, 0.2) is 0 Å². The van der Waals surface area contributed by atoms with Gasteiger partial charge in [0, 0.05) is 5.69 Å². The third-order valence-corrected chi connectivity index (χ3v) is 4.18. The highest BCUT2D eigenvalue weighted by Gasteiger charge is 2.51. The minimum atomic E-state index is -0.385. The molecule has 1 atom stereocenters. The smallest absolute Gasteiger partial charge is 0.231 e. The maximum absolute atomic E-state index is 12.6. The molecule has 110 valence electrons. The van der Waals surface area contributed by atoms with Gasteiger partial charge in [-0.25, -0.2) is 0 Å². The quantitative estimate of drug-likeness (QED) is 0.848. The van der Waals surface area contributed by atoms with Crippen molar-refractivity contribution < 1.29 is 9.21 Å². The normalized spacial score (nSPS) is 17.2. The third-order valence-electron chi connectivity index (χ3n) is 4.18. The Morgan fingerprint density at radius 1 is 1.24 bits per heavy atom. The highest BCUT2D eigenvalue weighted by atomic mass is 16.3. The van der Waals surface area contributed by atoms with Crippen molar-refractivity contribution in [2.75, 3.05) is 5.73 Å². The number of hydrogen-bond donors (Lipinski definition) is 2. The van der Waals surface area contributed by atoms with Crippen LogP contribution >= 0.6 is 0 Å². The summed E-state index contributed by atoms with van der Waals surface area (Å²) in [6.07, 6.45) is 1.76. The fourth-order valence-electron chi connectivity index (χ4n) is 2.67. The molecule has 3 rings (SSSR count). The van der Waals surface area contributed by atoms with Gasteiger partial charge in [-0.2, -0.15) is 0 Å². The Bertz CT molecular complexity index is 654. The van der Waals surface area contributed by atoms with Gasteiger partial charge >= 0.3 is 0 Å². The molecule has 1 fully saturated rings. The number of nitrogens with two attached hydrogens (primary N) is 1. The van der Waals surface area contributed by atoms with Crippen molar-refractivity contribution in [2.45, 2.75) is 38.1 Å². The number of anilines is 1. The molecule has 0 spiro atoms. The number of benzene rings is 1. The van der Waals surface area contributed by atoms with Crippen LogP contribution in [0, 0.1) is 6.92 Å². The molecule has 2 aromatic rings. The van der Waals surface area contributed by atoms with Crippen LogP contribution in [0.3, 0.4) is 0 Å². The van der Waals surface area contributed by atoms with Crippen LogP contribution in [-0.4, -0.2) is 5.91 Å². The lowest BCUT2D eigenvalue weighted by atomic mass is 9.94. The maximum atomic E-state index is 12.6. The van der Waals surface area contributed by atoms with Gasteiger partial charge in [-0.15, -0.1) is 0 Å². The molecule has 1 aliphatic carbocycles. The van der Waals surface area contributed by atoms with Crippen molar-refractivity contribution in [3.8, 4) is 0 Å². The Morgan fingerprint density at radius 3 is 2.43 bits per heavy atom. The molecule has 3 N–H and O–H groups in total. The number of furan rings is 1. The molecule has 0 radical (unpaired) electrons. The van der Waals surface area contributed by atoms with E-state index in [1.165, 1.54) is 0 Å². The van der Waals surface area contributed by atoms with E-state index in [-0.39, 0.29) is 17.4 Å². The first-order valence-electron chi connectivity index (χ1n) is 7.24. The molecule has 0 bridgehead atoms. The number of nitrogens with one attached hydrogen (secondary N) is 1. The number of rotatable bonds is 4. The molecule has 1 saturated carbocycles. The van der Waals surface area contributed by atoms with E-state index in [4.69, 9.17) is 10.2 Å². The van der Waals surface area contributed by atoms with E-state index in [0.29, 0.717) is 0 Å². The summed E-state index contributed by atoms with van der Waals surface area (Å²) in [5, 5.41) is 3.06. The number of hydrogen-bond acceptors (Lipinski definition) is 3. The second kappa shape index (κ2) is 4.95. The number of carbonyl (C=O) groups is 1.